The molecule has 0 bridgehead atoms. The van der Waals surface area contributed by atoms with Crippen LogP contribution in [0.5, 0.6) is 5.75 Å². The lowest BCUT2D eigenvalue weighted by Gasteiger charge is -2.07. The van der Waals surface area contributed by atoms with E-state index in [4.69, 9.17) is 9.68 Å². The van der Waals surface area contributed by atoms with E-state index >= 15 is 0 Å². The predicted octanol–water partition coefficient (Wildman–Crippen LogP) is 1.48. The molecule has 23 heavy (non-hydrogen) atoms. The summed E-state index contributed by atoms with van der Waals surface area (Å²) in [6.07, 6.45) is 2.62. The molecule has 0 radical (unpaired) electrons. The lowest BCUT2D eigenvalue weighted by atomic mass is 10.1. The second kappa shape index (κ2) is 6.91. The topological polar surface area (TPSA) is 132 Å². The quantitative estimate of drug-likeness (QED) is 0.385. The molecule has 1 N–H and O–H groups in total. The number of furan rings is 1. The minimum Gasteiger partial charge on any atom is -0.868 e. The Kier molecular flexibility index (Phi) is 4.74. The van der Waals surface area contributed by atoms with Gasteiger partial charge in [0.15, 0.2) is 0 Å². The molecule has 8 nitrogen and oxygen atoms in total. The van der Waals surface area contributed by atoms with E-state index in [-0.39, 0.29) is 17.7 Å². The summed E-state index contributed by atoms with van der Waals surface area (Å²) in [6, 6.07) is 8.36. The number of nitrogens with one attached hydrogen (secondary N) is 1. The Bertz CT molecular complexity index is 803. The Morgan fingerprint density at radius 1 is 1.43 bits per heavy atom. The third-order valence-corrected chi connectivity index (χ3v) is 2.86. The van der Waals surface area contributed by atoms with Crippen LogP contribution in [-0.4, -0.2) is 10.8 Å². The van der Waals surface area contributed by atoms with Gasteiger partial charge in [0.05, 0.1) is 17.7 Å². The van der Waals surface area contributed by atoms with Crippen LogP contribution in [0.3, 0.4) is 0 Å². The van der Waals surface area contributed by atoms with Crippen LogP contribution in [0.25, 0.3) is 6.08 Å². The smallest absolute Gasteiger partial charge is 0.262 e. The number of rotatable bonds is 5. The molecule has 116 valence electrons. The van der Waals surface area contributed by atoms with Crippen LogP contribution >= 0.6 is 0 Å². The molecule has 1 amide bonds. The monoisotopic (exact) mass is 312 g/mol. The van der Waals surface area contributed by atoms with Crippen molar-refractivity contribution in [2.75, 3.05) is 0 Å². The standard InChI is InChI=1S/C15H11N3O5/c16-8-11(15(20)17-9-12-2-1-5-23-12)6-10-3-4-14(19)13(7-10)18(21)22/h1-7,19H,9H2,(H,17,20)/p-1/b11-6+. The highest BCUT2D eigenvalue weighted by molar-refractivity contribution is 6.01. The van der Waals surface area contributed by atoms with Gasteiger partial charge in [0.2, 0.25) is 0 Å². The molecule has 0 aliphatic carbocycles. The molecule has 0 saturated heterocycles. The Balaban J connectivity index is 2.18. The molecule has 0 spiro atoms. The van der Waals surface area contributed by atoms with Gasteiger partial charge in [0.1, 0.15) is 17.4 Å². The van der Waals surface area contributed by atoms with E-state index in [1.54, 1.807) is 18.2 Å². The van der Waals surface area contributed by atoms with Gasteiger partial charge in [-0.25, -0.2) is 0 Å². The maximum Gasteiger partial charge on any atom is 0.262 e. The van der Waals surface area contributed by atoms with E-state index in [1.165, 1.54) is 18.4 Å². The number of amides is 1. The molecule has 2 rings (SSSR count). The maximum absolute atomic E-state index is 11.9. The van der Waals surface area contributed by atoms with Crippen molar-refractivity contribution in [3.8, 4) is 11.8 Å². The van der Waals surface area contributed by atoms with Crippen LogP contribution in [-0.2, 0) is 11.3 Å². The minimum atomic E-state index is -0.817. The third kappa shape index (κ3) is 3.95. The molecular formula is C15H10N3O5-. The largest absolute Gasteiger partial charge is 0.868 e. The van der Waals surface area contributed by atoms with Gasteiger partial charge in [0, 0.05) is 6.07 Å². The van der Waals surface area contributed by atoms with Crippen molar-refractivity contribution in [2.45, 2.75) is 6.54 Å². The van der Waals surface area contributed by atoms with Gasteiger partial charge in [-0.05, 0) is 29.5 Å². The van der Waals surface area contributed by atoms with E-state index < -0.39 is 22.3 Å². The molecule has 0 aliphatic heterocycles. The van der Waals surface area contributed by atoms with E-state index in [9.17, 15) is 20.0 Å². The number of nitrogens with zero attached hydrogens (tertiary/aromatic N) is 2. The molecule has 2 aromatic rings. The van der Waals surface area contributed by atoms with E-state index in [1.807, 2.05) is 0 Å². The molecule has 0 fully saturated rings. The first-order chi connectivity index (χ1) is 11.0. The number of hydrogen-bond acceptors (Lipinski definition) is 6. The summed E-state index contributed by atoms with van der Waals surface area (Å²) in [4.78, 5) is 21.8. The van der Waals surface area contributed by atoms with Crippen LogP contribution in [0.1, 0.15) is 11.3 Å². The fourth-order valence-corrected chi connectivity index (χ4v) is 1.76. The number of nitriles is 1. The Hall–Kier alpha value is -3.60. The van der Waals surface area contributed by atoms with Gasteiger partial charge in [0.25, 0.3) is 11.6 Å². The zero-order chi connectivity index (χ0) is 16.8. The highest BCUT2D eigenvalue weighted by Crippen LogP contribution is 2.24. The zero-order valence-electron chi connectivity index (χ0n) is 11.7. The van der Waals surface area contributed by atoms with Crippen molar-refractivity contribution >= 4 is 17.7 Å². The van der Waals surface area contributed by atoms with Crippen LogP contribution in [0.4, 0.5) is 5.69 Å². The zero-order valence-corrected chi connectivity index (χ0v) is 11.7. The number of carbonyl (C=O) groups excluding carboxylic acids is 1. The second-order valence-corrected chi connectivity index (χ2v) is 4.42. The van der Waals surface area contributed by atoms with Crippen molar-refractivity contribution < 1.29 is 19.2 Å². The highest BCUT2D eigenvalue weighted by atomic mass is 16.6. The number of carbonyl (C=O) groups is 1. The van der Waals surface area contributed by atoms with Gasteiger partial charge in [-0.1, -0.05) is 12.1 Å². The van der Waals surface area contributed by atoms with Crippen LogP contribution in [0, 0.1) is 21.4 Å². The lowest BCUT2D eigenvalue weighted by Crippen LogP contribution is -2.23. The number of hydrogen-bond donors (Lipinski definition) is 1. The molecule has 8 heteroatoms. The van der Waals surface area contributed by atoms with Crippen molar-refractivity contribution in [1.82, 2.24) is 5.32 Å². The first kappa shape index (κ1) is 15.8. The van der Waals surface area contributed by atoms with Gasteiger partial charge < -0.3 is 14.8 Å². The molecular weight excluding hydrogens is 302 g/mol. The average molecular weight is 312 g/mol. The first-order valence-corrected chi connectivity index (χ1v) is 6.39. The summed E-state index contributed by atoms with van der Waals surface area (Å²) in [5.41, 5.74) is -0.655. The summed E-state index contributed by atoms with van der Waals surface area (Å²) in [5.74, 6) is -0.882. The molecule has 1 aromatic carbocycles. The van der Waals surface area contributed by atoms with Crippen molar-refractivity contribution in [1.29, 1.82) is 5.26 Å². The van der Waals surface area contributed by atoms with E-state index in [0.717, 1.165) is 12.1 Å². The normalized spacial score (nSPS) is 10.8. The summed E-state index contributed by atoms with van der Waals surface area (Å²) in [5, 5.41) is 33.6. The fourth-order valence-electron chi connectivity index (χ4n) is 1.76. The average Bonchev–Trinajstić information content (AvgIpc) is 3.04. The van der Waals surface area contributed by atoms with E-state index in [2.05, 4.69) is 5.32 Å². The second-order valence-electron chi connectivity index (χ2n) is 4.42. The van der Waals surface area contributed by atoms with Crippen LogP contribution < -0.4 is 10.4 Å². The summed E-state index contributed by atoms with van der Waals surface area (Å²) in [6.45, 7) is 0.102. The highest BCUT2D eigenvalue weighted by Gasteiger charge is 2.12. The van der Waals surface area contributed by atoms with Gasteiger partial charge >= 0.3 is 0 Å². The van der Waals surface area contributed by atoms with Gasteiger partial charge in [-0.15, -0.1) is 0 Å². The fraction of sp³-hybridized carbons (Fsp3) is 0.0667. The molecule has 0 saturated carbocycles. The minimum absolute atomic E-state index is 0.102. The van der Waals surface area contributed by atoms with Crippen LogP contribution in [0.2, 0.25) is 0 Å². The molecule has 1 heterocycles. The van der Waals surface area contributed by atoms with Crippen molar-refractivity contribution in [3.63, 3.8) is 0 Å². The SMILES string of the molecule is N#C/C(=C\c1ccc([O-])c([N+](=O)[O-])c1)C(=O)NCc1ccco1. The van der Waals surface area contributed by atoms with Crippen LogP contribution in [0.15, 0.2) is 46.6 Å². The number of nitro groups is 1. The lowest BCUT2D eigenvalue weighted by molar-refractivity contribution is -0.398. The Morgan fingerprint density at radius 2 is 2.22 bits per heavy atom. The molecule has 0 atom stereocenters. The number of benzene rings is 1. The molecule has 0 unspecified atom stereocenters. The van der Waals surface area contributed by atoms with Crippen molar-refractivity contribution in [2.24, 2.45) is 0 Å². The summed E-state index contributed by atoms with van der Waals surface area (Å²) >= 11 is 0. The maximum atomic E-state index is 11.9. The van der Waals surface area contributed by atoms with Gasteiger partial charge in [-0.3, -0.25) is 14.9 Å². The molecule has 1 aromatic heterocycles. The third-order valence-electron chi connectivity index (χ3n) is 2.86. The van der Waals surface area contributed by atoms with Crippen molar-refractivity contribution in [3.05, 3.63) is 63.6 Å². The van der Waals surface area contributed by atoms with Gasteiger partial charge in [-0.2, -0.15) is 5.26 Å². The first-order valence-electron chi connectivity index (χ1n) is 6.39. The molecule has 0 aliphatic rings. The van der Waals surface area contributed by atoms with E-state index in [0.29, 0.717) is 5.76 Å². The summed E-state index contributed by atoms with van der Waals surface area (Å²) in [7, 11) is 0. The summed E-state index contributed by atoms with van der Waals surface area (Å²) < 4.78 is 5.04. The predicted molar refractivity (Wildman–Crippen MR) is 76.7 cm³/mol. The Morgan fingerprint density at radius 3 is 2.83 bits per heavy atom. The Labute approximate surface area is 130 Å². The number of nitro benzene ring substituents is 1.